The van der Waals surface area contributed by atoms with Gasteiger partial charge in [-0.15, -0.1) is 0 Å². The molecular weight excluding hydrogens is 454 g/mol. The van der Waals surface area contributed by atoms with Gasteiger partial charge in [0.15, 0.2) is 18.6 Å². The molecule has 10 heteroatoms. The van der Waals surface area contributed by atoms with Crippen LogP contribution in [0.25, 0.3) is 16.9 Å². The number of rotatable bonds is 8. The molecule has 0 aliphatic rings. The Kier molecular flexibility index (Phi) is 6.40. The third-order valence-electron chi connectivity index (χ3n) is 4.80. The van der Waals surface area contributed by atoms with Gasteiger partial charge < -0.3 is 14.8 Å². The van der Waals surface area contributed by atoms with Crippen LogP contribution in [0.3, 0.4) is 0 Å². The summed E-state index contributed by atoms with van der Waals surface area (Å²) in [5, 5.41) is 2.68. The van der Waals surface area contributed by atoms with Crippen LogP contribution in [0.2, 0.25) is 0 Å². The molecule has 0 spiro atoms. The maximum absolute atomic E-state index is 14.0. The molecule has 0 saturated carbocycles. The van der Waals surface area contributed by atoms with Gasteiger partial charge in [-0.3, -0.25) is 9.20 Å². The average Bonchev–Trinajstić information content (AvgIpc) is 3.17. The molecule has 0 aliphatic carbocycles. The minimum Gasteiger partial charge on any atom is -0.481 e. The third-order valence-corrected chi connectivity index (χ3v) is 4.80. The van der Waals surface area contributed by atoms with Crippen molar-refractivity contribution in [3.05, 3.63) is 78.7 Å². The summed E-state index contributed by atoms with van der Waals surface area (Å²) in [7, 11) is 0. The molecule has 0 aliphatic heterocycles. The van der Waals surface area contributed by atoms with Gasteiger partial charge in [0, 0.05) is 11.8 Å². The third kappa shape index (κ3) is 5.11. The molecule has 1 atom stereocenters. The lowest BCUT2D eigenvalue weighted by molar-refractivity contribution is -0.186. The zero-order valence-corrected chi connectivity index (χ0v) is 17.8. The summed E-state index contributed by atoms with van der Waals surface area (Å²) >= 11 is 0. The predicted molar refractivity (Wildman–Crippen MR) is 117 cm³/mol. The Balaban J connectivity index is 1.65. The van der Waals surface area contributed by atoms with Gasteiger partial charge >= 0.3 is 6.11 Å². The number of benzene rings is 2. The topological polar surface area (TPSA) is 64.9 Å². The number of alkyl halides is 3. The number of halogens is 4. The number of hydrogen-bond acceptors (Lipinski definition) is 4. The normalized spacial score (nSPS) is 12.4. The second kappa shape index (κ2) is 9.42. The number of amides is 1. The van der Waals surface area contributed by atoms with E-state index in [1.54, 1.807) is 31.2 Å². The van der Waals surface area contributed by atoms with Crippen LogP contribution in [-0.2, 0) is 4.79 Å². The molecule has 0 saturated heterocycles. The standard InChI is InChI=1S/C24H19F4N3O3/c1-15(33-18-5-3-2-4-6-18)23(32)30-22-21(31-13-17(26)9-12-20(31)29-22)16-7-10-19(11-8-16)34-24(27,28)14-25/h2-13,15H,14H2,1H3,(H,30,32). The van der Waals surface area contributed by atoms with Crippen molar-refractivity contribution in [2.45, 2.75) is 19.1 Å². The van der Waals surface area contributed by atoms with E-state index in [-0.39, 0.29) is 11.6 Å². The molecule has 2 aromatic carbocycles. The second-order valence-corrected chi connectivity index (χ2v) is 7.34. The number of fused-ring (bicyclic) bond motifs is 1. The molecule has 1 amide bonds. The zero-order valence-electron chi connectivity index (χ0n) is 17.8. The highest BCUT2D eigenvalue weighted by molar-refractivity contribution is 5.97. The zero-order chi connectivity index (χ0) is 24.3. The predicted octanol–water partition coefficient (Wildman–Crippen LogP) is 5.49. The highest BCUT2D eigenvalue weighted by atomic mass is 19.3. The van der Waals surface area contributed by atoms with E-state index in [0.29, 0.717) is 22.7 Å². The molecule has 6 nitrogen and oxygen atoms in total. The minimum atomic E-state index is -3.96. The van der Waals surface area contributed by atoms with Crippen molar-refractivity contribution < 1.29 is 31.8 Å². The first-order valence-corrected chi connectivity index (χ1v) is 10.2. The van der Waals surface area contributed by atoms with Crippen molar-refractivity contribution in [3.63, 3.8) is 0 Å². The van der Waals surface area contributed by atoms with Crippen LogP contribution >= 0.6 is 0 Å². The summed E-state index contributed by atoms with van der Waals surface area (Å²) < 4.78 is 64.1. The van der Waals surface area contributed by atoms with Crippen molar-refractivity contribution in [2.75, 3.05) is 12.0 Å². The van der Waals surface area contributed by atoms with Crippen LogP contribution in [0, 0.1) is 5.82 Å². The fourth-order valence-electron chi connectivity index (χ4n) is 3.24. The maximum Gasteiger partial charge on any atom is 0.427 e. The Morgan fingerprint density at radius 3 is 2.44 bits per heavy atom. The lowest BCUT2D eigenvalue weighted by Crippen LogP contribution is -2.30. The van der Waals surface area contributed by atoms with Gasteiger partial charge in [0.2, 0.25) is 0 Å². The Morgan fingerprint density at radius 1 is 1.06 bits per heavy atom. The number of carbonyl (C=O) groups excluding carboxylic acids is 1. The molecule has 2 heterocycles. The first kappa shape index (κ1) is 23.1. The number of nitrogens with one attached hydrogen (secondary N) is 1. The maximum atomic E-state index is 14.0. The van der Waals surface area contributed by atoms with Crippen LogP contribution < -0.4 is 14.8 Å². The number of ether oxygens (including phenoxy) is 2. The molecule has 176 valence electrons. The summed E-state index contributed by atoms with van der Waals surface area (Å²) in [6.07, 6.45) is -3.66. The molecule has 0 bridgehead atoms. The molecule has 34 heavy (non-hydrogen) atoms. The molecule has 0 fully saturated rings. The summed E-state index contributed by atoms with van der Waals surface area (Å²) in [5.74, 6) is -0.698. The minimum absolute atomic E-state index is 0.113. The molecule has 1 N–H and O–H groups in total. The number of para-hydroxylation sites is 1. The van der Waals surface area contributed by atoms with Crippen LogP contribution in [-0.4, -0.2) is 34.2 Å². The SMILES string of the molecule is CC(Oc1ccccc1)C(=O)Nc1nc2ccc(F)cn2c1-c1ccc(OC(F)(F)CF)cc1. The number of carbonyl (C=O) groups is 1. The van der Waals surface area contributed by atoms with Crippen molar-refractivity contribution in [3.8, 4) is 22.8 Å². The van der Waals surface area contributed by atoms with E-state index >= 15 is 0 Å². The van der Waals surface area contributed by atoms with Gasteiger partial charge in [0.1, 0.15) is 23.0 Å². The van der Waals surface area contributed by atoms with Gasteiger partial charge in [-0.05, 0) is 55.5 Å². The van der Waals surface area contributed by atoms with E-state index in [0.717, 1.165) is 0 Å². The number of pyridine rings is 1. The average molecular weight is 473 g/mol. The Labute approximate surface area is 191 Å². The summed E-state index contributed by atoms with van der Waals surface area (Å²) in [6.45, 7) is -0.407. The summed E-state index contributed by atoms with van der Waals surface area (Å²) in [4.78, 5) is 17.2. The van der Waals surface area contributed by atoms with E-state index in [1.165, 1.54) is 47.0 Å². The molecule has 1 unspecified atom stereocenters. The quantitative estimate of drug-likeness (QED) is 0.344. The van der Waals surface area contributed by atoms with Crippen molar-refractivity contribution in [2.24, 2.45) is 0 Å². The number of anilines is 1. The monoisotopic (exact) mass is 473 g/mol. The second-order valence-electron chi connectivity index (χ2n) is 7.34. The van der Waals surface area contributed by atoms with Gasteiger partial charge in [-0.1, -0.05) is 18.2 Å². The van der Waals surface area contributed by atoms with E-state index in [2.05, 4.69) is 15.0 Å². The van der Waals surface area contributed by atoms with Crippen LogP contribution in [0.15, 0.2) is 72.9 Å². The fourth-order valence-corrected chi connectivity index (χ4v) is 3.24. The lowest BCUT2D eigenvalue weighted by atomic mass is 10.1. The first-order chi connectivity index (χ1) is 16.3. The van der Waals surface area contributed by atoms with E-state index in [9.17, 15) is 22.4 Å². The molecular formula is C24H19F4N3O3. The van der Waals surface area contributed by atoms with E-state index < -0.39 is 30.6 Å². The van der Waals surface area contributed by atoms with Crippen molar-refractivity contribution >= 4 is 17.4 Å². The lowest BCUT2D eigenvalue weighted by Gasteiger charge is -2.15. The highest BCUT2D eigenvalue weighted by Gasteiger charge is 2.31. The number of aromatic nitrogens is 2. The van der Waals surface area contributed by atoms with E-state index in [4.69, 9.17) is 4.74 Å². The van der Waals surface area contributed by atoms with Gasteiger partial charge in [-0.25, -0.2) is 13.8 Å². The largest absolute Gasteiger partial charge is 0.481 e. The Hall–Kier alpha value is -4.08. The van der Waals surface area contributed by atoms with Crippen LogP contribution in [0.1, 0.15) is 6.92 Å². The van der Waals surface area contributed by atoms with Gasteiger partial charge in [0.25, 0.3) is 5.91 Å². The fraction of sp³-hybridized carbons (Fsp3) is 0.167. The van der Waals surface area contributed by atoms with Crippen molar-refractivity contribution in [1.29, 1.82) is 0 Å². The molecule has 4 aromatic rings. The van der Waals surface area contributed by atoms with Crippen LogP contribution in [0.5, 0.6) is 11.5 Å². The smallest absolute Gasteiger partial charge is 0.427 e. The molecule has 4 rings (SSSR count). The summed E-state index contributed by atoms with van der Waals surface area (Å²) in [5.41, 5.74) is 1.06. The van der Waals surface area contributed by atoms with E-state index in [1.807, 2.05) is 6.07 Å². The Morgan fingerprint density at radius 2 is 1.76 bits per heavy atom. The van der Waals surface area contributed by atoms with Crippen molar-refractivity contribution in [1.82, 2.24) is 9.38 Å². The van der Waals surface area contributed by atoms with Gasteiger partial charge in [0.05, 0.1) is 5.69 Å². The van der Waals surface area contributed by atoms with Gasteiger partial charge in [-0.2, -0.15) is 8.78 Å². The first-order valence-electron chi connectivity index (χ1n) is 10.2. The molecule has 0 radical (unpaired) electrons. The Bertz CT molecular complexity index is 1290. The highest BCUT2D eigenvalue weighted by Crippen LogP contribution is 2.32. The summed E-state index contributed by atoms with van der Waals surface area (Å²) in [6, 6.07) is 16.7. The molecule has 2 aromatic heterocycles. The van der Waals surface area contributed by atoms with Crippen LogP contribution in [0.4, 0.5) is 23.4 Å². The number of hydrogen-bond donors (Lipinski definition) is 1. The number of imidazole rings is 1. The number of nitrogens with zero attached hydrogens (tertiary/aromatic N) is 2.